The zero-order valence-electron chi connectivity index (χ0n) is 15.7. The Bertz CT molecular complexity index is 945. The van der Waals surface area contributed by atoms with Gasteiger partial charge in [-0.3, -0.25) is 14.6 Å². The summed E-state index contributed by atoms with van der Waals surface area (Å²) < 4.78 is 10.6. The largest absolute Gasteiger partial charge is 0.497 e. The maximum absolute atomic E-state index is 13.0. The fourth-order valence-corrected chi connectivity index (χ4v) is 4.54. The van der Waals surface area contributed by atoms with Crippen LogP contribution in [0.15, 0.2) is 47.1 Å². The number of rotatable bonds is 4. The minimum Gasteiger partial charge on any atom is -0.497 e. The number of hydrogen-bond acceptors (Lipinski definition) is 5. The summed E-state index contributed by atoms with van der Waals surface area (Å²) in [5.74, 6) is 1.12. The third-order valence-corrected chi connectivity index (χ3v) is 6.27. The number of hydrogen-bond donors (Lipinski definition) is 0. The Kier molecular flexibility index (Phi) is 4.76. The highest BCUT2D eigenvalue weighted by molar-refractivity contribution is 7.16. The molecule has 27 heavy (non-hydrogen) atoms. The van der Waals surface area contributed by atoms with Gasteiger partial charge in [0.05, 0.1) is 20.0 Å². The first-order chi connectivity index (χ1) is 13.1. The molecule has 0 bridgehead atoms. The standard InChI is InChI=1S/C21H22N2O3S/c1-14-15(2)27-21-18(14)12-22(11-16-6-8-17(25-3)9-7-16)13-23(21)20(24)19-5-4-10-26-19/h4-10H,11-13H2,1-3H3. The van der Waals surface area contributed by atoms with Crippen LogP contribution in [0.5, 0.6) is 5.75 Å². The van der Waals surface area contributed by atoms with Crippen LogP contribution >= 0.6 is 11.3 Å². The van der Waals surface area contributed by atoms with E-state index in [2.05, 4.69) is 30.9 Å². The SMILES string of the molecule is COc1ccc(CN2Cc3c(sc(C)c3C)N(C(=O)c3ccco3)C2)cc1. The van der Waals surface area contributed by atoms with Gasteiger partial charge in [0.25, 0.3) is 5.91 Å². The quantitative estimate of drug-likeness (QED) is 0.662. The first-order valence-electron chi connectivity index (χ1n) is 8.86. The van der Waals surface area contributed by atoms with Crippen molar-refractivity contribution >= 4 is 22.2 Å². The van der Waals surface area contributed by atoms with E-state index < -0.39 is 0 Å². The number of methoxy groups -OCH3 is 1. The number of anilines is 1. The highest BCUT2D eigenvalue weighted by Crippen LogP contribution is 2.40. The van der Waals surface area contributed by atoms with Gasteiger partial charge in [0.1, 0.15) is 10.8 Å². The summed E-state index contributed by atoms with van der Waals surface area (Å²) in [6, 6.07) is 11.5. The van der Waals surface area contributed by atoms with E-state index in [1.807, 2.05) is 17.0 Å². The number of fused-ring (bicyclic) bond motifs is 1. The van der Waals surface area contributed by atoms with Crippen LogP contribution in [0.3, 0.4) is 0 Å². The summed E-state index contributed by atoms with van der Waals surface area (Å²) in [6.45, 7) is 6.38. The number of amides is 1. The van der Waals surface area contributed by atoms with Gasteiger partial charge in [-0.15, -0.1) is 11.3 Å². The molecule has 0 saturated carbocycles. The van der Waals surface area contributed by atoms with Crippen molar-refractivity contribution in [1.29, 1.82) is 0 Å². The van der Waals surface area contributed by atoms with Crippen LogP contribution < -0.4 is 9.64 Å². The van der Waals surface area contributed by atoms with Crippen LogP contribution in [0.2, 0.25) is 0 Å². The molecular weight excluding hydrogens is 360 g/mol. The number of benzene rings is 1. The summed E-state index contributed by atoms with van der Waals surface area (Å²) in [5, 5.41) is 1.04. The van der Waals surface area contributed by atoms with E-state index >= 15 is 0 Å². The fourth-order valence-electron chi connectivity index (χ4n) is 3.38. The normalized spacial score (nSPS) is 14.3. The number of carbonyl (C=O) groups is 1. The lowest BCUT2D eigenvalue weighted by molar-refractivity contribution is 0.0930. The third kappa shape index (κ3) is 3.38. The number of ether oxygens (including phenoxy) is 1. The molecule has 2 aromatic heterocycles. The second-order valence-electron chi connectivity index (χ2n) is 6.75. The Morgan fingerprint density at radius 1 is 1.22 bits per heavy atom. The van der Waals surface area contributed by atoms with Crippen molar-refractivity contribution in [3.8, 4) is 5.75 Å². The Hall–Kier alpha value is -2.57. The number of carbonyl (C=O) groups excluding carboxylic acids is 1. The molecule has 0 N–H and O–H groups in total. The van der Waals surface area contributed by atoms with E-state index in [0.717, 1.165) is 23.8 Å². The van der Waals surface area contributed by atoms with Gasteiger partial charge in [0.15, 0.2) is 5.76 Å². The van der Waals surface area contributed by atoms with E-state index in [1.54, 1.807) is 30.6 Å². The molecule has 3 heterocycles. The van der Waals surface area contributed by atoms with Crippen LogP contribution in [-0.4, -0.2) is 24.6 Å². The Morgan fingerprint density at radius 3 is 2.67 bits per heavy atom. The maximum Gasteiger partial charge on any atom is 0.295 e. The molecule has 6 heteroatoms. The Labute approximate surface area is 162 Å². The van der Waals surface area contributed by atoms with Crippen molar-refractivity contribution < 1.29 is 13.9 Å². The molecular formula is C21H22N2O3S. The van der Waals surface area contributed by atoms with Crippen molar-refractivity contribution in [3.05, 3.63) is 70.0 Å². The summed E-state index contributed by atoms with van der Waals surface area (Å²) >= 11 is 1.68. The van der Waals surface area contributed by atoms with E-state index in [-0.39, 0.29) is 5.91 Å². The average molecular weight is 382 g/mol. The smallest absolute Gasteiger partial charge is 0.295 e. The maximum atomic E-state index is 13.0. The number of furan rings is 1. The van der Waals surface area contributed by atoms with Crippen molar-refractivity contribution in [3.63, 3.8) is 0 Å². The zero-order chi connectivity index (χ0) is 19.0. The molecule has 3 aromatic rings. The first kappa shape index (κ1) is 17.8. The van der Waals surface area contributed by atoms with Gasteiger partial charge in [-0.2, -0.15) is 0 Å². The van der Waals surface area contributed by atoms with Crippen molar-refractivity contribution in [1.82, 2.24) is 4.90 Å². The van der Waals surface area contributed by atoms with Gasteiger partial charge in [0, 0.05) is 23.5 Å². The zero-order valence-corrected chi connectivity index (χ0v) is 16.5. The Morgan fingerprint density at radius 2 is 2.00 bits per heavy atom. The Balaban J connectivity index is 1.63. The van der Waals surface area contributed by atoms with E-state index in [4.69, 9.17) is 9.15 Å². The summed E-state index contributed by atoms with van der Waals surface area (Å²) in [7, 11) is 1.67. The molecule has 1 aliphatic heterocycles. The molecule has 0 fully saturated rings. The lowest BCUT2D eigenvalue weighted by Gasteiger charge is -2.35. The predicted molar refractivity (Wildman–Crippen MR) is 106 cm³/mol. The molecule has 0 atom stereocenters. The van der Waals surface area contributed by atoms with Crippen molar-refractivity contribution in [2.75, 3.05) is 18.7 Å². The number of thiophene rings is 1. The predicted octanol–water partition coefficient (Wildman–Crippen LogP) is 4.59. The summed E-state index contributed by atoms with van der Waals surface area (Å²) in [6.07, 6.45) is 1.54. The molecule has 0 unspecified atom stereocenters. The van der Waals surface area contributed by atoms with Crippen molar-refractivity contribution in [2.24, 2.45) is 0 Å². The molecule has 140 valence electrons. The molecule has 5 nitrogen and oxygen atoms in total. The molecule has 0 saturated heterocycles. The highest BCUT2D eigenvalue weighted by Gasteiger charge is 2.32. The van der Waals surface area contributed by atoms with Gasteiger partial charge < -0.3 is 9.15 Å². The van der Waals surface area contributed by atoms with Gasteiger partial charge in [0.2, 0.25) is 0 Å². The first-order valence-corrected chi connectivity index (χ1v) is 9.68. The van der Waals surface area contributed by atoms with E-state index in [9.17, 15) is 4.79 Å². The summed E-state index contributed by atoms with van der Waals surface area (Å²) in [5.41, 5.74) is 3.69. The average Bonchev–Trinajstić information content (AvgIpc) is 3.31. The fraction of sp³-hybridized carbons (Fsp3) is 0.286. The van der Waals surface area contributed by atoms with Gasteiger partial charge >= 0.3 is 0 Å². The van der Waals surface area contributed by atoms with E-state index in [1.165, 1.54) is 27.8 Å². The molecule has 0 spiro atoms. The van der Waals surface area contributed by atoms with Crippen LogP contribution in [0.1, 0.15) is 32.1 Å². The number of aryl methyl sites for hydroxylation is 1. The van der Waals surface area contributed by atoms with Crippen LogP contribution in [0.25, 0.3) is 0 Å². The molecule has 1 aromatic carbocycles. The topological polar surface area (TPSA) is 45.9 Å². The van der Waals surface area contributed by atoms with Crippen LogP contribution in [0.4, 0.5) is 5.00 Å². The van der Waals surface area contributed by atoms with Gasteiger partial charge in [-0.05, 0) is 49.2 Å². The minimum absolute atomic E-state index is 0.0954. The van der Waals surface area contributed by atoms with Crippen LogP contribution in [-0.2, 0) is 13.1 Å². The summed E-state index contributed by atoms with van der Waals surface area (Å²) in [4.78, 5) is 18.4. The third-order valence-electron chi connectivity index (χ3n) is 5.00. The second-order valence-corrected chi connectivity index (χ2v) is 7.96. The molecule has 0 radical (unpaired) electrons. The van der Waals surface area contributed by atoms with Gasteiger partial charge in [-0.1, -0.05) is 12.1 Å². The van der Waals surface area contributed by atoms with Crippen molar-refractivity contribution in [2.45, 2.75) is 26.9 Å². The molecule has 1 aliphatic rings. The lowest BCUT2D eigenvalue weighted by atomic mass is 10.1. The molecule has 1 amide bonds. The monoisotopic (exact) mass is 382 g/mol. The molecule has 0 aliphatic carbocycles. The van der Waals surface area contributed by atoms with Crippen LogP contribution in [0, 0.1) is 13.8 Å². The minimum atomic E-state index is -0.0954. The highest BCUT2D eigenvalue weighted by atomic mass is 32.1. The van der Waals surface area contributed by atoms with Gasteiger partial charge in [-0.25, -0.2) is 0 Å². The van der Waals surface area contributed by atoms with E-state index in [0.29, 0.717) is 12.4 Å². The second kappa shape index (κ2) is 7.21. The number of nitrogens with zero attached hydrogens (tertiary/aromatic N) is 2. The lowest BCUT2D eigenvalue weighted by Crippen LogP contribution is -2.44. The molecule has 4 rings (SSSR count).